The minimum absolute atomic E-state index is 0.0801. The van der Waals surface area contributed by atoms with Crippen LogP contribution in [0.2, 0.25) is 0 Å². The normalized spacial score (nSPS) is 20.6. The van der Waals surface area contributed by atoms with Crippen LogP contribution in [-0.4, -0.2) is 39.5 Å². The summed E-state index contributed by atoms with van der Waals surface area (Å²) in [5.74, 6) is -0.541. The first-order valence-electron chi connectivity index (χ1n) is 6.23. The molecule has 1 N–H and O–H groups in total. The van der Waals surface area contributed by atoms with Crippen molar-refractivity contribution in [3.63, 3.8) is 0 Å². The predicted molar refractivity (Wildman–Crippen MR) is 72.0 cm³/mol. The molecule has 1 aromatic carbocycles. The zero-order valence-corrected chi connectivity index (χ0v) is 11.9. The Bertz CT molecular complexity index is 615. The molecule has 2 rings (SSSR count). The summed E-state index contributed by atoms with van der Waals surface area (Å²) in [5.41, 5.74) is 0.105. The minimum Gasteiger partial charge on any atom is -0.496 e. The van der Waals surface area contributed by atoms with E-state index in [0.717, 1.165) is 6.07 Å². The number of rotatable bonds is 4. The van der Waals surface area contributed by atoms with Gasteiger partial charge < -0.3 is 10.1 Å². The van der Waals surface area contributed by atoms with Crippen LogP contribution in [0.5, 0.6) is 5.75 Å². The van der Waals surface area contributed by atoms with E-state index in [1.807, 2.05) is 0 Å². The first kappa shape index (κ1) is 14.8. The second kappa shape index (κ2) is 5.78. The molecule has 1 saturated heterocycles. The molecule has 0 aromatic heterocycles. The lowest BCUT2D eigenvalue weighted by Gasteiger charge is -2.12. The molecule has 0 unspecified atom stereocenters. The monoisotopic (exact) mass is 301 g/mol. The van der Waals surface area contributed by atoms with Gasteiger partial charge in [-0.3, -0.25) is 4.79 Å². The maximum Gasteiger partial charge on any atom is 0.255 e. The fourth-order valence-electron chi connectivity index (χ4n) is 2.22. The van der Waals surface area contributed by atoms with E-state index in [1.54, 1.807) is 0 Å². The zero-order valence-electron chi connectivity index (χ0n) is 11.1. The van der Waals surface area contributed by atoms with E-state index >= 15 is 0 Å². The van der Waals surface area contributed by atoms with Gasteiger partial charge in [0.2, 0.25) is 0 Å². The second-order valence-corrected chi connectivity index (χ2v) is 7.05. The van der Waals surface area contributed by atoms with Gasteiger partial charge in [0.05, 0.1) is 24.2 Å². The number of ether oxygens (including phenoxy) is 1. The van der Waals surface area contributed by atoms with Gasteiger partial charge in [0.1, 0.15) is 11.6 Å². The van der Waals surface area contributed by atoms with E-state index in [1.165, 1.54) is 19.2 Å². The number of carbonyl (C=O) groups excluding carboxylic acids is 1. The lowest BCUT2D eigenvalue weighted by atomic mass is 10.1. The highest BCUT2D eigenvalue weighted by Gasteiger charge is 2.28. The van der Waals surface area contributed by atoms with Gasteiger partial charge in [-0.1, -0.05) is 0 Å². The quantitative estimate of drug-likeness (QED) is 0.900. The summed E-state index contributed by atoms with van der Waals surface area (Å²) < 4.78 is 40.8. The zero-order chi connectivity index (χ0) is 14.8. The fourth-order valence-corrected chi connectivity index (χ4v) is 4.08. The Hall–Kier alpha value is -1.63. The molecule has 1 atom stereocenters. The number of halogens is 1. The van der Waals surface area contributed by atoms with E-state index in [2.05, 4.69) is 5.32 Å². The number of amides is 1. The van der Waals surface area contributed by atoms with Crippen molar-refractivity contribution >= 4 is 15.7 Å². The van der Waals surface area contributed by atoms with Crippen LogP contribution < -0.4 is 10.1 Å². The van der Waals surface area contributed by atoms with Gasteiger partial charge >= 0.3 is 0 Å². The van der Waals surface area contributed by atoms with Gasteiger partial charge in [-0.15, -0.1) is 0 Å². The Morgan fingerprint density at radius 2 is 2.25 bits per heavy atom. The Morgan fingerprint density at radius 3 is 2.85 bits per heavy atom. The maximum atomic E-state index is 13.2. The summed E-state index contributed by atoms with van der Waals surface area (Å²) in [6.45, 7) is 0.262. The third kappa shape index (κ3) is 3.47. The summed E-state index contributed by atoms with van der Waals surface area (Å²) in [6, 6.07) is 3.68. The third-order valence-corrected chi connectivity index (χ3v) is 5.12. The SMILES string of the molecule is COc1ccc(F)cc1C(=O)NC[C@H]1CCS(=O)(=O)C1. The van der Waals surface area contributed by atoms with Crippen LogP contribution in [0.3, 0.4) is 0 Å². The van der Waals surface area contributed by atoms with Crippen LogP contribution in [0.15, 0.2) is 18.2 Å². The first-order chi connectivity index (χ1) is 9.41. The van der Waals surface area contributed by atoms with Crippen LogP contribution in [0.25, 0.3) is 0 Å². The number of sulfone groups is 1. The van der Waals surface area contributed by atoms with Crippen molar-refractivity contribution in [1.29, 1.82) is 0 Å². The number of hydrogen-bond acceptors (Lipinski definition) is 4. The lowest BCUT2D eigenvalue weighted by molar-refractivity contribution is 0.0945. The van der Waals surface area contributed by atoms with Gasteiger partial charge in [0, 0.05) is 6.54 Å². The van der Waals surface area contributed by atoms with E-state index < -0.39 is 21.6 Å². The van der Waals surface area contributed by atoms with Gasteiger partial charge in [-0.2, -0.15) is 0 Å². The highest BCUT2D eigenvalue weighted by Crippen LogP contribution is 2.20. The fraction of sp³-hybridized carbons (Fsp3) is 0.462. The summed E-state index contributed by atoms with van der Waals surface area (Å²) in [4.78, 5) is 12.0. The molecule has 110 valence electrons. The van der Waals surface area contributed by atoms with Gasteiger partial charge in [0.25, 0.3) is 5.91 Å². The molecular formula is C13H16FNO4S. The topological polar surface area (TPSA) is 72.5 Å². The molecule has 0 spiro atoms. The Labute approximate surface area is 117 Å². The highest BCUT2D eigenvalue weighted by molar-refractivity contribution is 7.91. The molecule has 1 heterocycles. The van der Waals surface area contributed by atoms with Crippen LogP contribution >= 0.6 is 0 Å². The average Bonchev–Trinajstić information content (AvgIpc) is 2.75. The molecule has 1 aliphatic rings. The number of nitrogens with one attached hydrogen (secondary N) is 1. The smallest absolute Gasteiger partial charge is 0.255 e. The van der Waals surface area contributed by atoms with Gasteiger partial charge in [-0.05, 0) is 30.5 Å². The highest BCUT2D eigenvalue weighted by atomic mass is 32.2. The predicted octanol–water partition coefficient (Wildman–Crippen LogP) is 0.999. The molecule has 7 heteroatoms. The van der Waals surface area contributed by atoms with E-state index in [-0.39, 0.29) is 35.3 Å². The molecule has 1 aliphatic heterocycles. The molecule has 1 fully saturated rings. The molecule has 1 aromatic rings. The van der Waals surface area contributed by atoms with Crippen LogP contribution in [0.4, 0.5) is 4.39 Å². The van der Waals surface area contributed by atoms with Crippen molar-refractivity contribution in [2.75, 3.05) is 25.2 Å². The first-order valence-corrected chi connectivity index (χ1v) is 8.05. The average molecular weight is 301 g/mol. The molecular weight excluding hydrogens is 285 g/mol. The number of hydrogen-bond donors (Lipinski definition) is 1. The van der Waals surface area contributed by atoms with E-state index in [4.69, 9.17) is 4.74 Å². The molecule has 0 radical (unpaired) electrons. The summed E-state index contributed by atoms with van der Waals surface area (Å²) in [7, 11) is -1.57. The molecule has 20 heavy (non-hydrogen) atoms. The van der Waals surface area contributed by atoms with Crippen molar-refractivity contribution < 1.29 is 22.3 Å². The van der Waals surface area contributed by atoms with Gasteiger partial charge in [-0.25, -0.2) is 12.8 Å². The van der Waals surface area contributed by atoms with Gasteiger partial charge in [0.15, 0.2) is 9.84 Å². The Kier molecular flexibility index (Phi) is 4.27. The molecule has 0 saturated carbocycles. The van der Waals surface area contributed by atoms with Crippen molar-refractivity contribution in [2.24, 2.45) is 5.92 Å². The Balaban J connectivity index is 2.00. The van der Waals surface area contributed by atoms with Crippen molar-refractivity contribution in [3.05, 3.63) is 29.6 Å². The maximum absolute atomic E-state index is 13.2. The third-order valence-electron chi connectivity index (χ3n) is 3.28. The molecule has 5 nitrogen and oxygen atoms in total. The minimum atomic E-state index is -2.96. The number of carbonyl (C=O) groups is 1. The Morgan fingerprint density at radius 1 is 1.50 bits per heavy atom. The van der Waals surface area contributed by atoms with Crippen LogP contribution in [-0.2, 0) is 9.84 Å². The molecule has 1 amide bonds. The molecule has 0 bridgehead atoms. The largest absolute Gasteiger partial charge is 0.496 e. The number of benzene rings is 1. The number of methoxy groups -OCH3 is 1. The summed E-state index contributed by atoms with van der Waals surface area (Å²) >= 11 is 0. The van der Waals surface area contributed by atoms with Crippen molar-refractivity contribution in [2.45, 2.75) is 6.42 Å². The van der Waals surface area contributed by atoms with E-state index in [9.17, 15) is 17.6 Å². The van der Waals surface area contributed by atoms with Crippen LogP contribution in [0.1, 0.15) is 16.8 Å². The lowest BCUT2D eigenvalue weighted by Crippen LogP contribution is -2.30. The van der Waals surface area contributed by atoms with Crippen molar-refractivity contribution in [3.8, 4) is 5.75 Å². The second-order valence-electron chi connectivity index (χ2n) is 4.82. The van der Waals surface area contributed by atoms with Crippen molar-refractivity contribution in [1.82, 2.24) is 5.32 Å². The van der Waals surface area contributed by atoms with Crippen LogP contribution in [0, 0.1) is 11.7 Å². The summed E-state index contributed by atoms with van der Waals surface area (Å²) in [5, 5.41) is 2.63. The molecule has 0 aliphatic carbocycles. The van der Waals surface area contributed by atoms with E-state index in [0.29, 0.717) is 6.42 Å². The standard InChI is InChI=1S/C13H16FNO4S/c1-19-12-3-2-10(14)6-11(12)13(16)15-7-9-4-5-20(17,18)8-9/h2-3,6,9H,4-5,7-8H2,1H3,(H,15,16)/t9-/m1/s1. The summed E-state index contributed by atoms with van der Waals surface area (Å²) in [6.07, 6.45) is 0.545.